The molecule has 3 aromatic rings. The van der Waals surface area contributed by atoms with E-state index in [1.807, 2.05) is 6.07 Å². The number of carbonyl (C=O) groups is 1. The molecule has 1 fully saturated rings. The summed E-state index contributed by atoms with van der Waals surface area (Å²) in [6.45, 7) is 3.34. The van der Waals surface area contributed by atoms with Crippen molar-refractivity contribution in [1.29, 1.82) is 0 Å². The minimum Gasteiger partial charge on any atom is -0.482 e. The minimum absolute atomic E-state index is 0.154. The van der Waals surface area contributed by atoms with Crippen LogP contribution in [-0.4, -0.2) is 48.7 Å². The molecule has 0 unspecified atom stereocenters. The molecule has 1 saturated heterocycles. The lowest BCUT2D eigenvalue weighted by Crippen LogP contribution is -2.46. The van der Waals surface area contributed by atoms with Gasteiger partial charge in [-0.3, -0.25) is 4.79 Å². The maximum atomic E-state index is 12.2. The van der Waals surface area contributed by atoms with Gasteiger partial charge in [0.25, 0.3) is 5.91 Å². The van der Waals surface area contributed by atoms with E-state index in [2.05, 4.69) is 49.4 Å². The molecule has 2 heterocycles. The Morgan fingerprint density at radius 1 is 0.967 bits per heavy atom. The average molecular weight is 424 g/mol. The first-order chi connectivity index (χ1) is 14.7. The highest BCUT2D eigenvalue weighted by Gasteiger charge is 2.19. The van der Waals surface area contributed by atoms with E-state index in [0.717, 1.165) is 32.0 Å². The maximum Gasteiger partial charge on any atom is 0.263 e. The lowest BCUT2D eigenvalue weighted by molar-refractivity contribution is -0.118. The Hall–Kier alpha value is -3.32. The Kier molecular flexibility index (Phi) is 6.29. The van der Waals surface area contributed by atoms with Gasteiger partial charge in [0.1, 0.15) is 23.7 Å². The molecule has 1 aliphatic heterocycles. The second-order valence-corrected chi connectivity index (χ2v) is 7.25. The first kappa shape index (κ1) is 20.0. The lowest BCUT2D eigenvalue weighted by atomic mass is 10.2. The van der Waals surface area contributed by atoms with E-state index in [0.29, 0.717) is 16.6 Å². The van der Waals surface area contributed by atoms with Crippen molar-refractivity contribution in [2.45, 2.75) is 0 Å². The number of aromatic nitrogens is 2. The summed E-state index contributed by atoms with van der Waals surface area (Å²) < 4.78 is 5.47. The van der Waals surface area contributed by atoms with Crippen molar-refractivity contribution in [3.63, 3.8) is 0 Å². The van der Waals surface area contributed by atoms with E-state index in [1.165, 1.54) is 12.0 Å². The third-order valence-corrected chi connectivity index (χ3v) is 5.15. The number of piperazine rings is 1. The molecule has 30 heavy (non-hydrogen) atoms. The van der Waals surface area contributed by atoms with E-state index in [9.17, 15) is 4.79 Å². The molecule has 0 aliphatic carbocycles. The zero-order valence-corrected chi connectivity index (χ0v) is 17.1. The number of carbonyl (C=O) groups excluding carboxylic acids is 1. The van der Waals surface area contributed by atoms with Gasteiger partial charge >= 0.3 is 0 Å². The number of halogens is 1. The van der Waals surface area contributed by atoms with Gasteiger partial charge in [-0.25, -0.2) is 9.97 Å². The summed E-state index contributed by atoms with van der Waals surface area (Å²) in [5, 5.41) is 3.21. The van der Waals surface area contributed by atoms with Crippen molar-refractivity contribution in [3.05, 3.63) is 72.0 Å². The summed E-state index contributed by atoms with van der Waals surface area (Å²) in [6, 6.07) is 19.2. The Morgan fingerprint density at radius 3 is 2.43 bits per heavy atom. The SMILES string of the molecule is O=C(COc1ccccc1Cl)Nc1cc(N2CCN(c3ccccc3)CC2)ncn1. The number of nitrogens with one attached hydrogen (secondary N) is 1. The van der Waals surface area contributed by atoms with Gasteiger partial charge in [0.2, 0.25) is 0 Å². The molecule has 0 radical (unpaired) electrons. The smallest absolute Gasteiger partial charge is 0.263 e. The van der Waals surface area contributed by atoms with E-state index >= 15 is 0 Å². The van der Waals surface area contributed by atoms with Crippen molar-refractivity contribution < 1.29 is 9.53 Å². The Balaban J connectivity index is 1.32. The number of benzene rings is 2. The fourth-order valence-corrected chi connectivity index (χ4v) is 3.50. The van der Waals surface area contributed by atoms with Crippen molar-refractivity contribution in [1.82, 2.24) is 9.97 Å². The molecule has 7 nitrogen and oxygen atoms in total. The van der Waals surface area contributed by atoms with Crippen molar-refractivity contribution in [2.24, 2.45) is 0 Å². The topological polar surface area (TPSA) is 70.6 Å². The summed E-state index contributed by atoms with van der Waals surface area (Å²) in [5.41, 5.74) is 1.23. The normalized spacial score (nSPS) is 13.8. The fourth-order valence-electron chi connectivity index (χ4n) is 3.30. The Morgan fingerprint density at radius 2 is 1.67 bits per heavy atom. The molecule has 1 aliphatic rings. The van der Waals surface area contributed by atoms with E-state index < -0.39 is 0 Å². The molecule has 1 N–H and O–H groups in total. The molecule has 0 spiro atoms. The number of hydrogen-bond acceptors (Lipinski definition) is 6. The first-order valence-electron chi connectivity index (χ1n) is 9.73. The largest absolute Gasteiger partial charge is 0.482 e. The van der Waals surface area contributed by atoms with Gasteiger partial charge in [0.15, 0.2) is 6.61 Å². The number of anilines is 3. The van der Waals surface area contributed by atoms with Crippen LogP contribution in [0.15, 0.2) is 67.0 Å². The van der Waals surface area contributed by atoms with Gasteiger partial charge in [-0.2, -0.15) is 0 Å². The number of amides is 1. The molecule has 8 heteroatoms. The standard InChI is InChI=1S/C22H22ClN5O2/c23-18-8-4-5-9-19(18)30-15-22(29)26-20-14-21(25-16-24-20)28-12-10-27(11-13-28)17-6-2-1-3-7-17/h1-9,14,16H,10-13,15H2,(H,24,25,26,29). The van der Waals surface area contributed by atoms with Crippen LogP contribution in [0.3, 0.4) is 0 Å². The zero-order valence-electron chi connectivity index (χ0n) is 16.4. The average Bonchev–Trinajstić information content (AvgIpc) is 2.79. The zero-order chi connectivity index (χ0) is 20.8. The van der Waals surface area contributed by atoms with E-state index in [1.54, 1.807) is 30.3 Å². The predicted molar refractivity (Wildman–Crippen MR) is 118 cm³/mol. The van der Waals surface area contributed by atoms with Crippen LogP contribution in [0.1, 0.15) is 0 Å². The summed E-state index contributed by atoms with van der Waals surface area (Å²) in [6.07, 6.45) is 1.46. The van der Waals surface area contributed by atoms with Crippen LogP contribution in [0.2, 0.25) is 5.02 Å². The van der Waals surface area contributed by atoms with Gasteiger partial charge < -0.3 is 19.9 Å². The minimum atomic E-state index is -0.312. The van der Waals surface area contributed by atoms with Crippen LogP contribution in [0.4, 0.5) is 17.3 Å². The highest BCUT2D eigenvalue weighted by Crippen LogP contribution is 2.23. The number of hydrogen-bond donors (Lipinski definition) is 1. The Bertz CT molecular complexity index is 994. The van der Waals surface area contributed by atoms with Gasteiger partial charge in [-0.15, -0.1) is 0 Å². The highest BCUT2D eigenvalue weighted by atomic mass is 35.5. The second-order valence-electron chi connectivity index (χ2n) is 6.84. The number of nitrogens with zero attached hydrogens (tertiary/aromatic N) is 4. The molecule has 0 atom stereocenters. The maximum absolute atomic E-state index is 12.2. The molecule has 2 aromatic carbocycles. The van der Waals surface area contributed by atoms with E-state index in [4.69, 9.17) is 16.3 Å². The fraction of sp³-hybridized carbons (Fsp3) is 0.227. The third-order valence-electron chi connectivity index (χ3n) is 4.84. The van der Waals surface area contributed by atoms with Gasteiger partial charge in [-0.05, 0) is 24.3 Å². The predicted octanol–water partition coefficient (Wildman–Crippen LogP) is 3.47. The monoisotopic (exact) mass is 423 g/mol. The van der Waals surface area contributed by atoms with Crippen LogP contribution >= 0.6 is 11.6 Å². The number of rotatable bonds is 6. The van der Waals surface area contributed by atoms with Gasteiger partial charge in [-0.1, -0.05) is 41.9 Å². The molecular formula is C22H22ClN5O2. The van der Waals surface area contributed by atoms with Crippen LogP contribution < -0.4 is 19.9 Å². The molecule has 4 rings (SSSR count). The number of ether oxygens (including phenoxy) is 1. The van der Waals surface area contributed by atoms with Crippen molar-refractivity contribution in [3.8, 4) is 5.75 Å². The van der Waals surface area contributed by atoms with Crippen LogP contribution in [0, 0.1) is 0 Å². The second kappa shape index (κ2) is 9.45. The highest BCUT2D eigenvalue weighted by molar-refractivity contribution is 6.32. The molecule has 0 saturated carbocycles. The Labute approximate surface area is 180 Å². The number of para-hydroxylation sites is 2. The van der Waals surface area contributed by atoms with Crippen molar-refractivity contribution in [2.75, 3.05) is 47.9 Å². The van der Waals surface area contributed by atoms with Crippen LogP contribution in [0.5, 0.6) is 5.75 Å². The van der Waals surface area contributed by atoms with Gasteiger partial charge in [0, 0.05) is 37.9 Å². The van der Waals surface area contributed by atoms with Crippen LogP contribution in [-0.2, 0) is 4.79 Å². The first-order valence-corrected chi connectivity index (χ1v) is 10.1. The molecule has 154 valence electrons. The summed E-state index contributed by atoms with van der Waals surface area (Å²) in [7, 11) is 0. The lowest BCUT2D eigenvalue weighted by Gasteiger charge is -2.36. The molecular weight excluding hydrogens is 402 g/mol. The molecule has 1 amide bonds. The summed E-state index contributed by atoms with van der Waals surface area (Å²) in [5.74, 6) is 1.39. The summed E-state index contributed by atoms with van der Waals surface area (Å²) >= 11 is 6.04. The van der Waals surface area contributed by atoms with E-state index in [-0.39, 0.29) is 12.5 Å². The molecule has 0 bridgehead atoms. The van der Waals surface area contributed by atoms with Crippen LogP contribution in [0.25, 0.3) is 0 Å². The van der Waals surface area contributed by atoms with Gasteiger partial charge in [0.05, 0.1) is 5.02 Å². The summed E-state index contributed by atoms with van der Waals surface area (Å²) in [4.78, 5) is 25.3. The molecule has 1 aromatic heterocycles. The quantitative estimate of drug-likeness (QED) is 0.654. The third kappa shape index (κ3) is 4.99. The van der Waals surface area contributed by atoms with Crippen molar-refractivity contribution >= 4 is 34.8 Å².